The summed E-state index contributed by atoms with van der Waals surface area (Å²) < 4.78 is 0. The molecule has 1 saturated heterocycles. The second-order valence-corrected chi connectivity index (χ2v) is 3.71. The Kier molecular flexibility index (Phi) is 2.86. The minimum atomic E-state index is -0.495. The Morgan fingerprint density at radius 3 is 2.33 bits per heavy atom. The summed E-state index contributed by atoms with van der Waals surface area (Å²) in [6, 6.07) is 0. The quantitative estimate of drug-likeness (QED) is 0.492. The molecule has 0 bridgehead atoms. The van der Waals surface area contributed by atoms with Crippen molar-refractivity contribution < 1.29 is 5.03 Å². The number of hydrazine groups is 2. The largest absolute Gasteiger partial charge is 0.234 e. The Balaban J connectivity index is 2.38. The van der Waals surface area contributed by atoms with Gasteiger partial charge in [-0.1, -0.05) is 19.4 Å². The summed E-state index contributed by atoms with van der Waals surface area (Å²) in [5, 5.41) is 11.3. The Bertz CT molecular complexity index is 164. The summed E-state index contributed by atoms with van der Waals surface area (Å²) in [6.07, 6.45) is 1.16. The van der Waals surface area contributed by atoms with Gasteiger partial charge in [0.2, 0.25) is 0 Å². The van der Waals surface area contributed by atoms with Crippen LogP contribution in [0.5, 0.6) is 0 Å². The fourth-order valence-corrected chi connectivity index (χ4v) is 1.86. The number of nitro groups is 1. The SMILES string of the molecule is CC1CC(C)CN(N[N+](=O)[O-])C1. The van der Waals surface area contributed by atoms with Crippen LogP contribution in [0.25, 0.3) is 0 Å². The minimum absolute atomic E-state index is 0.495. The molecule has 0 amide bonds. The molecule has 0 spiro atoms. The molecule has 0 aromatic heterocycles. The molecule has 5 nitrogen and oxygen atoms in total. The molecule has 12 heavy (non-hydrogen) atoms. The van der Waals surface area contributed by atoms with E-state index >= 15 is 0 Å². The van der Waals surface area contributed by atoms with E-state index < -0.39 is 5.03 Å². The van der Waals surface area contributed by atoms with Crippen LogP contribution in [0.2, 0.25) is 0 Å². The number of hydrogen-bond acceptors (Lipinski definition) is 3. The third kappa shape index (κ3) is 2.65. The first kappa shape index (κ1) is 9.25. The highest BCUT2D eigenvalue weighted by Crippen LogP contribution is 2.19. The lowest BCUT2D eigenvalue weighted by Crippen LogP contribution is -2.49. The van der Waals surface area contributed by atoms with Crippen molar-refractivity contribution >= 4 is 0 Å². The molecule has 5 heteroatoms. The molecule has 0 aliphatic carbocycles. The maximum Gasteiger partial charge on any atom is 0.173 e. The van der Waals surface area contributed by atoms with E-state index in [0.717, 1.165) is 19.5 Å². The van der Waals surface area contributed by atoms with Crippen molar-refractivity contribution in [1.29, 1.82) is 0 Å². The van der Waals surface area contributed by atoms with Crippen LogP contribution in [0.3, 0.4) is 0 Å². The highest BCUT2D eigenvalue weighted by atomic mass is 16.7. The Morgan fingerprint density at radius 2 is 1.92 bits per heavy atom. The molecule has 70 valence electrons. The first-order valence-corrected chi connectivity index (χ1v) is 4.23. The second kappa shape index (κ2) is 3.71. The van der Waals surface area contributed by atoms with Gasteiger partial charge in [-0.15, -0.1) is 0 Å². The van der Waals surface area contributed by atoms with Gasteiger partial charge in [0, 0.05) is 13.1 Å². The van der Waals surface area contributed by atoms with E-state index in [2.05, 4.69) is 19.4 Å². The number of rotatable bonds is 2. The number of nitrogens with zero attached hydrogens (tertiary/aromatic N) is 2. The summed E-state index contributed by atoms with van der Waals surface area (Å²) >= 11 is 0. The summed E-state index contributed by atoms with van der Waals surface area (Å²) in [5.74, 6) is 1.09. The van der Waals surface area contributed by atoms with Gasteiger partial charge in [-0.2, -0.15) is 5.01 Å². The van der Waals surface area contributed by atoms with E-state index in [9.17, 15) is 10.1 Å². The highest BCUT2D eigenvalue weighted by molar-refractivity contribution is 4.70. The monoisotopic (exact) mass is 173 g/mol. The zero-order valence-corrected chi connectivity index (χ0v) is 7.49. The Hall–Kier alpha value is -0.840. The molecule has 0 radical (unpaired) electrons. The Morgan fingerprint density at radius 1 is 1.42 bits per heavy atom. The summed E-state index contributed by atoms with van der Waals surface area (Å²) in [6.45, 7) is 5.77. The van der Waals surface area contributed by atoms with Gasteiger partial charge in [-0.05, 0) is 18.3 Å². The molecule has 1 N–H and O–H groups in total. The fourth-order valence-electron chi connectivity index (χ4n) is 1.86. The van der Waals surface area contributed by atoms with E-state index in [1.54, 1.807) is 5.01 Å². The van der Waals surface area contributed by atoms with Gasteiger partial charge in [0.15, 0.2) is 5.03 Å². The highest BCUT2D eigenvalue weighted by Gasteiger charge is 2.23. The van der Waals surface area contributed by atoms with Crippen molar-refractivity contribution in [2.45, 2.75) is 20.3 Å². The van der Waals surface area contributed by atoms with Gasteiger partial charge in [0.05, 0.1) is 0 Å². The molecule has 1 rings (SSSR count). The molecule has 1 aliphatic heterocycles. The van der Waals surface area contributed by atoms with Crippen LogP contribution in [0.1, 0.15) is 20.3 Å². The molecule has 2 atom stereocenters. The molecule has 0 aromatic carbocycles. The standard InChI is InChI=1S/C7H15N3O2/c1-6-3-7(2)5-9(4-6)8-10(11)12/h6-8H,3-5H2,1-2H3. The van der Waals surface area contributed by atoms with Crippen LogP contribution in [0, 0.1) is 22.0 Å². The predicted octanol–water partition coefficient (Wildman–Crippen LogP) is 0.661. The maximum absolute atomic E-state index is 10.1. The van der Waals surface area contributed by atoms with Crippen LogP contribution in [0.15, 0.2) is 0 Å². The molecule has 0 saturated carbocycles. The van der Waals surface area contributed by atoms with Crippen LogP contribution in [-0.2, 0) is 0 Å². The zero-order valence-electron chi connectivity index (χ0n) is 7.49. The molecular formula is C7H15N3O2. The summed E-state index contributed by atoms with van der Waals surface area (Å²) in [4.78, 5) is 10.1. The first-order valence-electron chi connectivity index (χ1n) is 4.23. The second-order valence-electron chi connectivity index (χ2n) is 3.71. The Labute approximate surface area is 71.8 Å². The molecule has 1 aliphatic rings. The lowest BCUT2D eigenvalue weighted by Gasteiger charge is -2.31. The molecule has 1 heterocycles. The zero-order chi connectivity index (χ0) is 9.14. The van der Waals surface area contributed by atoms with Crippen LogP contribution < -0.4 is 5.53 Å². The topological polar surface area (TPSA) is 58.4 Å². The molecule has 0 aromatic rings. The minimum Gasteiger partial charge on any atom is -0.234 e. The van der Waals surface area contributed by atoms with Crippen molar-refractivity contribution in [2.75, 3.05) is 13.1 Å². The van der Waals surface area contributed by atoms with Gasteiger partial charge in [-0.3, -0.25) is 0 Å². The summed E-state index contributed by atoms with van der Waals surface area (Å²) in [5.41, 5.74) is 2.20. The van der Waals surface area contributed by atoms with E-state index in [1.165, 1.54) is 0 Å². The normalized spacial score (nSPS) is 31.5. The van der Waals surface area contributed by atoms with Crippen LogP contribution in [0.4, 0.5) is 0 Å². The molecule has 1 fully saturated rings. The van der Waals surface area contributed by atoms with E-state index in [0.29, 0.717) is 11.8 Å². The van der Waals surface area contributed by atoms with Crippen molar-refractivity contribution in [2.24, 2.45) is 11.8 Å². The predicted molar refractivity (Wildman–Crippen MR) is 44.6 cm³/mol. The van der Waals surface area contributed by atoms with Gasteiger partial charge >= 0.3 is 0 Å². The van der Waals surface area contributed by atoms with Crippen molar-refractivity contribution in [1.82, 2.24) is 10.5 Å². The number of piperidine rings is 1. The van der Waals surface area contributed by atoms with E-state index in [1.807, 2.05) is 0 Å². The van der Waals surface area contributed by atoms with E-state index in [4.69, 9.17) is 0 Å². The van der Waals surface area contributed by atoms with Gasteiger partial charge in [0.1, 0.15) is 0 Å². The average molecular weight is 173 g/mol. The average Bonchev–Trinajstić information content (AvgIpc) is 1.81. The molecular weight excluding hydrogens is 158 g/mol. The van der Waals surface area contributed by atoms with Crippen LogP contribution >= 0.6 is 0 Å². The third-order valence-corrected chi connectivity index (χ3v) is 2.09. The lowest BCUT2D eigenvalue weighted by atomic mass is 9.93. The van der Waals surface area contributed by atoms with Gasteiger partial charge in [0.25, 0.3) is 0 Å². The fraction of sp³-hybridized carbons (Fsp3) is 1.00. The third-order valence-electron chi connectivity index (χ3n) is 2.09. The summed E-state index contributed by atoms with van der Waals surface area (Å²) in [7, 11) is 0. The van der Waals surface area contributed by atoms with Crippen molar-refractivity contribution in [3.05, 3.63) is 10.1 Å². The van der Waals surface area contributed by atoms with E-state index in [-0.39, 0.29) is 0 Å². The van der Waals surface area contributed by atoms with Gasteiger partial charge < -0.3 is 0 Å². The number of nitrogens with one attached hydrogen (secondary N) is 1. The van der Waals surface area contributed by atoms with Gasteiger partial charge in [-0.25, -0.2) is 10.1 Å². The maximum atomic E-state index is 10.1. The smallest absolute Gasteiger partial charge is 0.173 e. The number of hydrogen-bond donors (Lipinski definition) is 1. The van der Waals surface area contributed by atoms with Crippen molar-refractivity contribution in [3.63, 3.8) is 0 Å². The molecule has 2 unspecified atom stereocenters. The van der Waals surface area contributed by atoms with Crippen LogP contribution in [-0.4, -0.2) is 23.1 Å². The van der Waals surface area contributed by atoms with Crippen molar-refractivity contribution in [3.8, 4) is 0 Å². The first-order chi connectivity index (χ1) is 5.58. The lowest BCUT2D eigenvalue weighted by molar-refractivity contribution is -0.580.